The highest BCUT2D eigenvalue weighted by Crippen LogP contribution is 1.99. The van der Waals surface area contributed by atoms with Gasteiger partial charge in [0.05, 0.1) is 13.1 Å². The molecule has 0 unspecified atom stereocenters. The first-order valence-corrected chi connectivity index (χ1v) is 8.57. The fourth-order valence-electron chi connectivity index (χ4n) is 1.90. The molecule has 2 amide bonds. The molecule has 0 saturated heterocycles. The molecule has 0 aliphatic carbocycles. The summed E-state index contributed by atoms with van der Waals surface area (Å²) < 4.78 is 9.83. The van der Waals surface area contributed by atoms with Gasteiger partial charge >= 0.3 is 11.9 Å². The van der Waals surface area contributed by atoms with Crippen molar-refractivity contribution in [2.24, 2.45) is 11.8 Å². The summed E-state index contributed by atoms with van der Waals surface area (Å²) in [5.74, 6) is -1.72. The molecule has 0 radical (unpaired) electrons. The van der Waals surface area contributed by atoms with E-state index < -0.39 is 11.9 Å². The Labute approximate surface area is 155 Å². The van der Waals surface area contributed by atoms with Crippen molar-refractivity contribution in [1.29, 1.82) is 0 Å². The summed E-state index contributed by atoms with van der Waals surface area (Å²) in [5, 5.41) is 0. The molecular weight excluding hydrogens is 340 g/mol. The Hall–Kier alpha value is -2.38. The summed E-state index contributed by atoms with van der Waals surface area (Å²) in [5.41, 5.74) is 0. The molecule has 0 rings (SSSR count). The number of amides is 2. The van der Waals surface area contributed by atoms with Crippen molar-refractivity contribution in [2.45, 2.75) is 27.7 Å². The lowest BCUT2D eigenvalue weighted by Gasteiger charge is -2.19. The Morgan fingerprint density at radius 2 is 1.04 bits per heavy atom. The quantitative estimate of drug-likeness (QED) is 0.418. The molecule has 0 aliphatic rings. The molecule has 0 bridgehead atoms. The summed E-state index contributed by atoms with van der Waals surface area (Å²) in [4.78, 5) is 49.3. The Kier molecular flexibility index (Phi) is 10.9. The zero-order chi connectivity index (χ0) is 20.3. The van der Waals surface area contributed by atoms with Gasteiger partial charge in [-0.15, -0.1) is 0 Å². The van der Waals surface area contributed by atoms with Crippen LogP contribution in [-0.2, 0) is 28.7 Å². The van der Waals surface area contributed by atoms with Crippen LogP contribution in [0.2, 0.25) is 0 Å². The van der Waals surface area contributed by atoms with E-state index in [1.54, 1.807) is 41.8 Å². The normalized spacial score (nSPS) is 10.9. The van der Waals surface area contributed by atoms with Crippen molar-refractivity contribution in [3.05, 3.63) is 12.2 Å². The first-order chi connectivity index (χ1) is 12.1. The van der Waals surface area contributed by atoms with Gasteiger partial charge in [0.25, 0.3) is 0 Å². The lowest BCUT2D eigenvalue weighted by atomic mass is 10.2. The zero-order valence-electron chi connectivity index (χ0n) is 16.5. The smallest absolute Gasteiger partial charge is 0.331 e. The van der Waals surface area contributed by atoms with Crippen LogP contribution in [0, 0.1) is 11.8 Å². The standard InChI is InChI=1S/C18H30N2O6/c1-13(2)17(23)19(5)9-11-25-15(21)7-8-16(22)26-12-10-20(6)18(24)14(3)4/h7-8,13-14H,9-12H2,1-6H3/b8-7+. The van der Waals surface area contributed by atoms with Crippen LogP contribution in [0.5, 0.6) is 0 Å². The van der Waals surface area contributed by atoms with Crippen LogP contribution in [0.25, 0.3) is 0 Å². The number of ether oxygens (including phenoxy) is 2. The van der Waals surface area contributed by atoms with Crippen molar-refractivity contribution in [1.82, 2.24) is 9.80 Å². The van der Waals surface area contributed by atoms with Gasteiger partial charge in [-0.05, 0) is 0 Å². The summed E-state index contributed by atoms with van der Waals surface area (Å²) in [6, 6.07) is 0. The summed E-state index contributed by atoms with van der Waals surface area (Å²) in [6.45, 7) is 7.77. The summed E-state index contributed by atoms with van der Waals surface area (Å²) in [6.07, 6.45) is 1.94. The van der Waals surface area contributed by atoms with Gasteiger partial charge in [0.1, 0.15) is 13.2 Å². The van der Waals surface area contributed by atoms with Crippen LogP contribution in [0.4, 0.5) is 0 Å². The van der Waals surface area contributed by atoms with Gasteiger partial charge in [-0.1, -0.05) is 27.7 Å². The molecule has 0 fully saturated rings. The molecule has 0 heterocycles. The third kappa shape index (κ3) is 9.80. The summed E-state index contributed by atoms with van der Waals surface area (Å²) in [7, 11) is 3.26. The molecule has 0 aromatic carbocycles. The number of rotatable bonds is 10. The van der Waals surface area contributed by atoms with E-state index in [-0.39, 0.29) is 50.0 Å². The predicted octanol–water partition coefficient (Wildman–Crippen LogP) is 0.858. The second kappa shape index (κ2) is 12.1. The third-order valence-electron chi connectivity index (χ3n) is 3.44. The van der Waals surface area contributed by atoms with E-state index in [1.165, 1.54) is 9.80 Å². The van der Waals surface area contributed by atoms with Crippen molar-refractivity contribution >= 4 is 23.8 Å². The first-order valence-electron chi connectivity index (χ1n) is 8.57. The van der Waals surface area contributed by atoms with Crippen LogP contribution >= 0.6 is 0 Å². The number of likely N-dealkylation sites (N-methyl/N-ethyl adjacent to an activating group) is 2. The van der Waals surface area contributed by atoms with Gasteiger partial charge in [-0.2, -0.15) is 0 Å². The van der Waals surface area contributed by atoms with Gasteiger partial charge in [-0.25, -0.2) is 9.59 Å². The van der Waals surface area contributed by atoms with Crippen molar-refractivity contribution in [2.75, 3.05) is 40.4 Å². The monoisotopic (exact) mass is 370 g/mol. The number of hydrogen-bond acceptors (Lipinski definition) is 6. The van der Waals surface area contributed by atoms with Crippen molar-refractivity contribution < 1.29 is 28.7 Å². The van der Waals surface area contributed by atoms with E-state index in [0.29, 0.717) is 0 Å². The fraction of sp³-hybridized carbons (Fsp3) is 0.667. The molecule has 0 aromatic heterocycles. The Morgan fingerprint density at radius 1 is 0.731 bits per heavy atom. The van der Waals surface area contributed by atoms with E-state index in [2.05, 4.69) is 0 Å². The second-order valence-corrected chi connectivity index (χ2v) is 6.50. The minimum absolute atomic E-state index is 0.0370. The molecule has 8 heteroatoms. The van der Waals surface area contributed by atoms with Gasteiger partial charge in [0, 0.05) is 38.1 Å². The molecule has 0 aromatic rings. The molecule has 0 saturated carbocycles. The summed E-state index contributed by atoms with van der Waals surface area (Å²) >= 11 is 0. The van der Waals surface area contributed by atoms with E-state index in [0.717, 1.165) is 12.2 Å². The fourth-order valence-corrected chi connectivity index (χ4v) is 1.90. The number of esters is 2. The highest BCUT2D eigenvalue weighted by Gasteiger charge is 2.14. The minimum Gasteiger partial charge on any atom is -0.461 e. The van der Waals surface area contributed by atoms with Gasteiger partial charge in [-0.3, -0.25) is 9.59 Å². The maximum absolute atomic E-state index is 11.6. The van der Waals surface area contributed by atoms with E-state index in [1.807, 2.05) is 0 Å². The minimum atomic E-state index is -0.695. The Balaban J connectivity index is 4.04. The van der Waals surface area contributed by atoms with Crippen molar-refractivity contribution in [3.63, 3.8) is 0 Å². The molecule has 0 atom stereocenters. The van der Waals surface area contributed by atoms with Crippen LogP contribution in [0.1, 0.15) is 27.7 Å². The largest absolute Gasteiger partial charge is 0.461 e. The average molecular weight is 370 g/mol. The maximum Gasteiger partial charge on any atom is 0.331 e. The molecule has 148 valence electrons. The number of carbonyl (C=O) groups is 4. The molecule has 0 N–H and O–H groups in total. The number of carbonyl (C=O) groups excluding carboxylic acids is 4. The van der Waals surface area contributed by atoms with Crippen LogP contribution in [0.3, 0.4) is 0 Å². The lowest BCUT2D eigenvalue weighted by Crippen LogP contribution is -2.33. The average Bonchev–Trinajstić information content (AvgIpc) is 2.57. The molecule has 26 heavy (non-hydrogen) atoms. The molecular formula is C18H30N2O6. The molecule has 8 nitrogen and oxygen atoms in total. The third-order valence-corrected chi connectivity index (χ3v) is 3.44. The topological polar surface area (TPSA) is 93.2 Å². The van der Waals surface area contributed by atoms with Gasteiger partial charge in [0.15, 0.2) is 0 Å². The maximum atomic E-state index is 11.6. The SMILES string of the molecule is CC(C)C(=O)N(C)CCOC(=O)/C=C/C(=O)OCCN(C)C(=O)C(C)C. The van der Waals surface area contributed by atoms with E-state index in [4.69, 9.17) is 9.47 Å². The molecule has 0 aliphatic heterocycles. The van der Waals surface area contributed by atoms with Gasteiger partial charge in [0.2, 0.25) is 11.8 Å². The zero-order valence-corrected chi connectivity index (χ0v) is 16.5. The number of nitrogens with zero attached hydrogens (tertiary/aromatic N) is 2. The van der Waals surface area contributed by atoms with Crippen LogP contribution < -0.4 is 0 Å². The Morgan fingerprint density at radius 3 is 1.31 bits per heavy atom. The number of hydrogen-bond donors (Lipinski definition) is 0. The highest BCUT2D eigenvalue weighted by atomic mass is 16.5. The van der Waals surface area contributed by atoms with Crippen LogP contribution in [0.15, 0.2) is 12.2 Å². The van der Waals surface area contributed by atoms with E-state index >= 15 is 0 Å². The van der Waals surface area contributed by atoms with E-state index in [9.17, 15) is 19.2 Å². The first kappa shape index (κ1) is 23.6. The van der Waals surface area contributed by atoms with Crippen LogP contribution in [-0.4, -0.2) is 74.0 Å². The van der Waals surface area contributed by atoms with Crippen molar-refractivity contribution in [3.8, 4) is 0 Å². The van der Waals surface area contributed by atoms with Gasteiger partial charge < -0.3 is 19.3 Å². The molecule has 0 spiro atoms. The highest BCUT2D eigenvalue weighted by molar-refractivity contribution is 5.91. The second-order valence-electron chi connectivity index (χ2n) is 6.50. The predicted molar refractivity (Wildman–Crippen MR) is 96.0 cm³/mol. The Bertz CT molecular complexity index is 482. The lowest BCUT2D eigenvalue weighted by molar-refractivity contribution is -0.142.